The van der Waals surface area contributed by atoms with E-state index in [2.05, 4.69) is 0 Å². The number of hydrogen-bond acceptors (Lipinski definition) is 5. The molecule has 1 aromatic rings. The minimum atomic E-state index is -0.560. The average molecular weight is 300 g/mol. The van der Waals surface area contributed by atoms with Crippen LogP contribution in [0.15, 0.2) is 18.2 Å². The van der Waals surface area contributed by atoms with Gasteiger partial charge in [-0.15, -0.1) is 0 Å². The van der Waals surface area contributed by atoms with Gasteiger partial charge in [0.15, 0.2) is 0 Å². The molecule has 7 nitrogen and oxygen atoms in total. The van der Waals surface area contributed by atoms with E-state index in [1.807, 2.05) is 0 Å². The second-order valence-corrected chi connectivity index (χ2v) is 4.81. The Morgan fingerprint density at radius 3 is 3.00 bits per heavy atom. The van der Waals surface area contributed by atoms with Gasteiger partial charge in [0.05, 0.1) is 28.2 Å². The molecule has 2 N–H and O–H groups in total. The summed E-state index contributed by atoms with van der Waals surface area (Å²) in [7, 11) is 0. The Labute approximate surface area is 120 Å². The standard InChI is InChI=1S/C12H14ClN3O4/c13-11-2-1-8(16(18)19)5-10(11)12(17)15-3-4-20-9(6-14)7-15/h1-2,5,9H,3-4,6-7,14H2. The number of nitrogens with two attached hydrogens (primary N) is 1. The van der Waals surface area contributed by atoms with Crippen molar-refractivity contribution in [1.82, 2.24) is 4.90 Å². The van der Waals surface area contributed by atoms with Crippen LogP contribution >= 0.6 is 11.6 Å². The van der Waals surface area contributed by atoms with E-state index in [0.29, 0.717) is 26.2 Å². The smallest absolute Gasteiger partial charge is 0.270 e. The van der Waals surface area contributed by atoms with Gasteiger partial charge in [0.25, 0.3) is 11.6 Å². The molecule has 1 amide bonds. The van der Waals surface area contributed by atoms with Gasteiger partial charge in [-0.2, -0.15) is 0 Å². The molecule has 0 radical (unpaired) electrons. The molecule has 0 saturated carbocycles. The number of carbonyl (C=O) groups is 1. The highest BCUT2D eigenvalue weighted by Crippen LogP contribution is 2.24. The van der Waals surface area contributed by atoms with Crippen LogP contribution in [0, 0.1) is 10.1 Å². The van der Waals surface area contributed by atoms with Crippen molar-refractivity contribution in [3.05, 3.63) is 38.9 Å². The van der Waals surface area contributed by atoms with Crippen LogP contribution in [0.5, 0.6) is 0 Å². The predicted octanol–water partition coefficient (Wildman–Crippen LogP) is 1.05. The Hall–Kier alpha value is -1.70. The van der Waals surface area contributed by atoms with Crippen LogP contribution in [0.4, 0.5) is 5.69 Å². The highest BCUT2D eigenvalue weighted by atomic mass is 35.5. The van der Waals surface area contributed by atoms with E-state index in [1.54, 1.807) is 4.90 Å². The fraction of sp³-hybridized carbons (Fsp3) is 0.417. The highest BCUT2D eigenvalue weighted by Gasteiger charge is 2.26. The van der Waals surface area contributed by atoms with Crippen molar-refractivity contribution in [2.75, 3.05) is 26.2 Å². The Morgan fingerprint density at radius 2 is 2.35 bits per heavy atom. The fourth-order valence-corrected chi connectivity index (χ4v) is 2.21. The van der Waals surface area contributed by atoms with Gasteiger partial charge in [0.2, 0.25) is 0 Å². The molecule has 108 valence electrons. The molecule has 1 aliphatic rings. The van der Waals surface area contributed by atoms with Crippen molar-refractivity contribution in [3.8, 4) is 0 Å². The molecule has 20 heavy (non-hydrogen) atoms. The molecule has 1 fully saturated rings. The quantitative estimate of drug-likeness (QED) is 0.664. The summed E-state index contributed by atoms with van der Waals surface area (Å²) < 4.78 is 5.38. The maximum atomic E-state index is 12.4. The molecule has 1 aliphatic heterocycles. The summed E-state index contributed by atoms with van der Waals surface area (Å²) >= 11 is 5.96. The summed E-state index contributed by atoms with van der Waals surface area (Å²) in [6, 6.07) is 3.81. The van der Waals surface area contributed by atoms with E-state index in [0.717, 1.165) is 0 Å². The molecule has 0 bridgehead atoms. The first-order valence-corrected chi connectivity index (χ1v) is 6.45. The zero-order chi connectivity index (χ0) is 14.7. The van der Waals surface area contributed by atoms with E-state index >= 15 is 0 Å². The molecule has 1 aromatic carbocycles. The number of nitro benzene ring substituents is 1. The molecule has 1 atom stereocenters. The summed E-state index contributed by atoms with van der Waals surface area (Å²) in [5, 5.41) is 11.0. The fourth-order valence-electron chi connectivity index (χ4n) is 2.01. The van der Waals surface area contributed by atoms with Crippen molar-refractivity contribution in [3.63, 3.8) is 0 Å². The number of non-ortho nitro benzene ring substituents is 1. The van der Waals surface area contributed by atoms with Crippen LogP contribution in [0.2, 0.25) is 5.02 Å². The largest absolute Gasteiger partial charge is 0.373 e. The van der Waals surface area contributed by atoms with E-state index in [1.165, 1.54) is 18.2 Å². The van der Waals surface area contributed by atoms with Crippen LogP contribution in [0.25, 0.3) is 0 Å². The van der Waals surface area contributed by atoms with Crippen molar-refractivity contribution < 1.29 is 14.5 Å². The number of rotatable bonds is 3. The summed E-state index contributed by atoms with van der Waals surface area (Å²) in [5.41, 5.74) is 5.48. The summed E-state index contributed by atoms with van der Waals surface area (Å²) in [6.45, 7) is 1.47. The molecular weight excluding hydrogens is 286 g/mol. The zero-order valence-electron chi connectivity index (χ0n) is 10.6. The molecule has 0 aromatic heterocycles. The molecule has 0 aliphatic carbocycles. The van der Waals surface area contributed by atoms with Crippen LogP contribution in [0.1, 0.15) is 10.4 Å². The highest BCUT2D eigenvalue weighted by molar-refractivity contribution is 6.33. The maximum Gasteiger partial charge on any atom is 0.270 e. The minimum Gasteiger partial charge on any atom is -0.373 e. The monoisotopic (exact) mass is 299 g/mol. The summed E-state index contributed by atoms with van der Waals surface area (Å²) in [5.74, 6) is -0.347. The zero-order valence-corrected chi connectivity index (χ0v) is 11.4. The van der Waals surface area contributed by atoms with E-state index in [4.69, 9.17) is 22.1 Å². The van der Waals surface area contributed by atoms with Gasteiger partial charge in [0, 0.05) is 31.8 Å². The Balaban J connectivity index is 2.24. The molecule has 1 heterocycles. The molecular formula is C12H14ClN3O4. The number of nitro groups is 1. The van der Waals surface area contributed by atoms with Crippen LogP contribution in [0.3, 0.4) is 0 Å². The lowest BCUT2D eigenvalue weighted by Gasteiger charge is -2.32. The number of carbonyl (C=O) groups excluding carboxylic acids is 1. The van der Waals surface area contributed by atoms with Gasteiger partial charge >= 0.3 is 0 Å². The van der Waals surface area contributed by atoms with E-state index in [-0.39, 0.29) is 28.3 Å². The normalized spacial score (nSPS) is 18.9. The topological polar surface area (TPSA) is 98.7 Å². The van der Waals surface area contributed by atoms with Crippen LogP contribution in [-0.4, -0.2) is 48.1 Å². The molecule has 0 spiro atoms. The van der Waals surface area contributed by atoms with Crippen molar-refractivity contribution in [1.29, 1.82) is 0 Å². The number of ether oxygens (including phenoxy) is 1. The number of amides is 1. The molecule has 2 rings (SSSR count). The van der Waals surface area contributed by atoms with Gasteiger partial charge in [-0.1, -0.05) is 11.6 Å². The summed E-state index contributed by atoms with van der Waals surface area (Å²) in [6.07, 6.45) is -0.217. The van der Waals surface area contributed by atoms with Crippen LogP contribution < -0.4 is 5.73 Å². The van der Waals surface area contributed by atoms with Gasteiger partial charge in [-0.05, 0) is 6.07 Å². The number of morpholine rings is 1. The first-order chi connectivity index (χ1) is 9.52. The number of nitrogens with zero attached hydrogens (tertiary/aromatic N) is 2. The first-order valence-electron chi connectivity index (χ1n) is 6.08. The first kappa shape index (κ1) is 14.7. The Kier molecular flexibility index (Phi) is 4.53. The third kappa shape index (κ3) is 3.06. The molecule has 8 heteroatoms. The van der Waals surface area contributed by atoms with E-state index in [9.17, 15) is 14.9 Å². The third-order valence-corrected chi connectivity index (χ3v) is 3.41. The lowest BCUT2D eigenvalue weighted by molar-refractivity contribution is -0.384. The number of benzene rings is 1. The number of hydrogen-bond donors (Lipinski definition) is 1. The van der Waals surface area contributed by atoms with E-state index < -0.39 is 4.92 Å². The summed E-state index contributed by atoms with van der Waals surface area (Å²) in [4.78, 5) is 24.1. The van der Waals surface area contributed by atoms with Crippen molar-refractivity contribution in [2.45, 2.75) is 6.10 Å². The lowest BCUT2D eigenvalue weighted by atomic mass is 10.1. The minimum absolute atomic E-state index is 0.124. The predicted molar refractivity (Wildman–Crippen MR) is 72.8 cm³/mol. The Bertz CT molecular complexity index is 537. The van der Waals surface area contributed by atoms with Crippen molar-refractivity contribution >= 4 is 23.2 Å². The third-order valence-electron chi connectivity index (χ3n) is 3.08. The second-order valence-electron chi connectivity index (χ2n) is 4.40. The SMILES string of the molecule is NCC1CN(C(=O)c2cc([N+](=O)[O-])ccc2Cl)CCO1. The van der Waals surface area contributed by atoms with Gasteiger partial charge in [0.1, 0.15) is 0 Å². The van der Waals surface area contributed by atoms with Crippen molar-refractivity contribution in [2.24, 2.45) is 5.73 Å². The van der Waals surface area contributed by atoms with Crippen LogP contribution in [-0.2, 0) is 4.74 Å². The van der Waals surface area contributed by atoms with Gasteiger partial charge in [-0.25, -0.2) is 0 Å². The molecule has 1 saturated heterocycles. The lowest BCUT2D eigenvalue weighted by Crippen LogP contribution is -2.48. The van der Waals surface area contributed by atoms with Gasteiger partial charge < -0.3 is 15.4 Å². The average Bonchev–Trinajstić information content (AvgIpc) is 2.46. The maximum absolute atomic E-state index is 12.4. The Morgan fingerprint density at radius 1 is 1.60 bits per heavy atom. The van der Waals surface area contributed by atoms with Gasteiger partial charge in [-0.3, -0.25) is 14.9 Å². The second kappa shape index (κ2) is 6.17. The molecule has 1 unspecified atom stereocenters. The number of halogens is 1.